The predicted octanol–water partition coefficient (Wildman–Crippen LogP) is 3.27. The lowest BCUT2D eigenvalue weighted by Gasteiger charge is -2.08. The number of hydrogen-bond donors (Lipinski definition) is 2. The molecule has 0 aromatic heterocycles. The molecule has 6 heteroatoms. The molecule has 0 aliphatic carbocycles. The number of carbonyl (C=O) groups is 2. The van der Waals surface area contributed by atoms with Crippen molar-refractivity contribution < 1.29 is 14.0 Å². The Balaban J connectivity index is 1.91. The molecule has 2 N–H and O–H groups in total. The van der Waals surface area contributed by atoms with Crippen LogP contribution in [0, 0.1) is 12.7 Å². The second-order valence-corrected chi connectivity index (χ2v) is 5.53. The lowest BCUT2D eigenvalue weighted by molar-refractivity contribution is -0.115. The molecule has 2 amide bonds. The van der Waals surface area contributed by atoms with E-state index in [9.17, 15) is 14.0 Å². The van der Waals surface area contributed by atoms with Crippen LogP contribution in [0.15, 0.2) is 46.9 Å². The average Bonchev–Trinajstić information content (AvgIpc) is 2.49. The van der Waals surface area contributed by atoms with Crippen molar-refractivity contribution in [3.63, 3.8) is 0 Å². The Morgan fingerprint density at radius 2 is 1.91 bits per heavy atom. The standard InChI is InChI=1S/C16H14BrFN2O2/c1-10-6-7-11(8-13(10)17)20-15(21)9-19-16(22)12-4-2-3-5-14(12)18/h2-8H,9H2,1H3,(H,19,22)(H,20,21). The van der Waals surface area contributed by atoms with Gasteiger partial charge >= 0.3 is 0 Å². The van der Waals surface area contributed by atoms with Gasteiger partial charge in [-0.1, -0.05) is 34.1 Å². The van der Waals surface area contributed by atoms with Crippen LogP contribution in [0.25, 0.3) is 0 Å². The van der Waals surface area contributed by atoms with Crippen molar-refractivity contribution in [1.82, 2.24) is 5.32 Å². The summed E-state index contributed by atoms with van der Waals surface area (Å²) in [4.78, 5) is 23.6. The minimum Gasteiger partial charge on any atom is -0.343 e. The summed E-state index contributed by atoms with van der Waals surface area (Å²) in [5, 5.41) is 5.04. The lowest BCUT2D eigenvalue weighted by Crippen LogP contribution is -2.33. The number of rotatable bonds is 4. The Morgan fingerprint density at radius 1 is 1.18 bits per heavy atom. The predicted molar refractivity (Wildman–Crippen MR) is 86.2 cm³/mol. The third-order valence-corrected chi connectivity index (χ3v) is 3.84. The molecular formula is C16H14BrFN2O2. The molecular weight excluding hydrogens is 351 g/mol. The van der Waals surface area contributed by atoms with E-state index in [1.165, 1.54) is 18.2 Å². The molecule has 0 bridgehead atoms. The van der Waals surface area contributed by atoms with Gasteiger partial charge in [-0.15, -0.1) is 0 Å². The number of nitrogens with one attached hydrogen (secondary N) is 2. The van der Waals surface area contributed by atoms with Gasteiger partial charge in [-0.3, -0.25) is 9.59 Å². The number of halogens is 2. The second kappa shape index (κ2) is 7.17. The summed E-state index contributed by atoms with van der Waals surface area (Å²) < 4.78 is 14.3. The topological polar surface area (TPSA) is 58.2 Å². The van der Waals surface area contributed by atoms with Crippen molar-refractivity contribution in [3.05, 3.63) is 63.9 Å². The minimum absolute atomic E-state index is 0.0895. The van der Waals surface area contributed by atoms with Crippen LogP contribution in [0.1, 0.15) is 15.9 Å². The van der Waals surface area contributed by atoms with E-state index >= 15 is 0 Å². The van der Waals surface area contributed by atoms with Gasteiger partial charge in [-0.05, 0) is 36.8 Å². The number of amides is 2. The molecule has 2 rings (SSSR count). The molecule has 0 unspecified atom stereocenters. The van der Waals surface area contributed by atoms with Crippen LogP contribution in [-0.2, 0) is 4.79 Å². The maximum absolute atomic E-state index is 13.4. The molecule has 2 aromatic carbocycles. The summed E-state index contributed by atoms with van der Waals surface area (Å²) in [6, 6.07) is 11.0. The van der Waals surface area contributed by atoms with Gasteiger partial charge in [0.25, 0.3) is 5.91 Å². The van der Waals surface area contributed by atoms with Gasteiger partial charge < -0.3 is 10.6 Å². The smallest absolute Gasteiger partial charge is 0.254 e. The minimum atomic E-state index is -0.627. The zero-order valence-corrected chi connectivity index (χ0v) is 13.4. The van der Waals surface area contributed by atoms with E-state index in [1.807, 2.05) is 13.0 Å². The van der Waals surface area contributed by atoms with Gasteiger partial charge in [-0.2, -0.15) is 0 Å². The van der Waals surface area contributed by atoms with Gasteiger partial charge in [0, 0.05) is 10.2 Å². The van der Waals surface area contributed by atoms with E-state index in [-0.39, 0.29) is 18.0 Å². The SMILES string of the molecule is Cc1ccc(NC(=O)CNC(=O)c2ccccc2F)cc1Br. The van der Waals surface area contributed by atoms with Crippen molar-refractivity contribution in [2.75, 3.05) is 11.9 Å². The Kier molecular flexibility index (Phi) is 5.27. The molecule has 0 atom stereocenters. The molecule has 0 fully saturated rings. The first-order valence-corrected chi connectivity index (χ1v) is 7.35. The van der Waals surface area contributed by atoms with Crippen LogP contribution in [0.4, 0.5) is 10.1 Å². The zero-order chi connectivity index (χ0) is 16.1. The van der Waals surface area contributed by atoms with Crippen molar-refractivity contribution in [1.29, 1.82) is 0 Å². The van der Waals surface area contributed by atoms with E-state index in [0.717, 1.165) is 10.0 Å². The quantitative estimate of drug-likeness (QED) is 0.874. The van der Waals surface area contributed by atoms with Crippen LogP contribution in [0.5, 0.6) is 0 Å². The highest BCUT2D eigenvalue weighted by Gasteiger charge is 2.12. The molecule has 0 saturated heterocycles. The third kappa shape index (κ3) is 4.14. The fraction of sp³-hybridized carbons (Fsp3) is 0.125. The number of aryl methyl sites for hydroxylation is 1. The third-order valence-electron chi connectivity index (χ3n) is 2.98. The first-order valence-electron chi connectivity index (χ1n) is 6.56. The maximum Gasteiger partial charge on any atom is 0.254 e. The number of carbonyl (C=O) groups excluding carboxylic acids is 2. The fourth-order valence-corrected chi connectivity index (χ4v) is 2.16. The van der Waals surface area contributed by atoms with Crippen LogP contribution in [0.3, 0.4) is 0 Å². The van der Waals surface area contributed by atoms with Crippen LogP contribution >= 0.6 is 15.9 Å². The van der Waals surface area contributed by atoms with Gasteiger partial charge in [0.1, 0.15) is 5.82 Å². The fourth-order valence-electron chi connectivity index (χ4n) is 1.78. The summed E-state index contributed by atoms with van der Waals surface area (Å²) in [6.07, 6.45) is 0. The molecule has 0 saturated carbocycles. The van der Waals surface area contributed by atoms with E-state index in [4.69, 9.17) is 0 Å². The van der Waals surface area contributed by atoms with Crippen molar-refractivity contribution in [2.24, 2.45) is 0 Å². The number of benzene rings is 2. The highest BCUT2D eigenvalue weighted by molar-refractivity contribution is 9.10. The summed E-state index contributed by atoms with van der Waals surface area (Å²) in [5.41, 5.74) is 1.57. The van der Waals surface area contributed by atoms with Gasteiger partial charge in [0.05, 0.1) is 12.1 Å². The number of hydrogen-bond acceptors (Lipinski definition) is 2. The first kappa shape index (κ1) is 16.2. The van der Waals surface area contributed by atoms with Crippen molar-refractivity contribution in [2.45, 2.75) is 6.92 Å². The Hall–Kier alpha value is -2.21. The Labute approximate surface area is 135 Å². The molecule has 0 heterocycles. The lowest BCUT2D eigenvalue weighted by atomic mass is 10.2. The van der Waals surface area contributed by atoms with Gasteiger partial charge in [0.15, 0.2) is 0 Å². The highest BCUT2D eigenvalue weighted by atomic mass is 79.9. The second-order valence-electron chi connectivity index (χ2n) is 4.67. The zero-order valence-electron chi connectivity index (χ0n) is 11.8. The van der Waals surface area contributed by atoms with E-state index in [2.05, 4.69) is 26.6 Å². The van der Waals surface area contributed by atoms with Crippen molar-refractivity contribution >= 4 is 33.4 Å². The van der Waals surface area contributed by atoms with Crippen LogP contribution < -0.4 is 10.6 Å². The van der Waals surface area contributed by atoms with Crippen LogP contribution in [-0.4, -0.2) is 18.4 Å². The summed E-state index contributed by atoms with van der Waals surface area (Å²) in [7, 11) is 0. The van der Waals surface area contributed by atoms with E-state index in [0.29, 0.717) is 5.69 Å². The molecule has 0 aliphatic heterocycles. The normalized spacial score (nSPS) is 10.1. The molecule has 0 radical (unpaired) electrons. The summed E-state index contributed by atoms with van der Waals surface area (Å²) in [6.45, 7) is 1.70. The van der Waals surface area contributed by atoms with Gasteiger partial charge in [0.2, 0.25) is 5.91 Å². The van der Waals surface area contributed by atoms with E-state index < -0.39 is 11.7 Å². The molecule has 0 aliphatic rings. The molecule has 4 nitrogen and oxygen atoms in total. The molecule has 2 aromatic rings. The summed E-state index contributed by atoms with van der Waals surface area (Å²) >= 11 is 3.37. The maximum atomic E-state index is 13.4. The first-order chi connectivity index (χ1) is 10.5. The van der Waals surface area contributed by atoms with Crippen molar-refractivity contribution in [3.8, 4) is 0 Å². The monoisotopic (exact) mass is 364 g/mol. The Morgan fingerprint density at radius 3 is 2.59 bits per heavy atom. The highest BCUT2D eigenvalue weighted by Crippen LogP contribution is 2.20. The van der Waals surface area contributed by atoms with Crippen LogP contribution in [0.2, 0.25) is 0 Å². The summed E-state index contributed by atoms with van der Waals surface area (Å²) in [5.74, 6) is -1.64. The number of anilines is 1. The average molecular weight is 365 g/mol. The molecule has 22 heavy (non-hydrogen) atoms. The van der Waals surface area contributed by atoms with E-state index in [1.54, 1.807) is 18.2 Å². The molecule has 0 spiro atoms. The molecule has 114 valence electrons. The largest absolute Gasteiger partial charge is 0.343 e. The Bertz CT molecular complexity index is 719. The van der Waals surface area contributed by atoms with Gasteiger partial charge in [-0.25, -0.2) is 4.39 Å².